The average Bonchev–Trinajstić information content (AvgIpc) is 3.40. The number of hydrogen-bond donors (Lipinski definition) is 2. The van der Waals surface area contributed by atoms with E-state index in [-0.39, 0.29) is 29.7 Å². The fraction of sp³-hybridized carbons (Fsp3) is 0.500. The first kappa shape index (κ1) is 22.3. The van der Waals surface area contributed by atoms with Gasteiger partial charge in [-0.25, -0.2) is 4.98 Å². The zero-order chi connectivity index (χ0) is 22.9. The molecule has 0 bridgehead atoms. The number of nitrogens with zero attached hydrogens (tertiary/aromatic N) is 3. The number of alkyl halides is 3. The average molecular weight is 449 g/mol. The summed E-state index contributed by atoms with van der Waals surface area (Å²) in [7, 11) is 0. The van der Waals surface area contributed by atoms with Gasteiger partial charge in [-0.1, -0.05) is 17.3 Å². The first-order valence-electron chi connectivity index (χ1n) is 10.7. The van der Waals surface area contributed by atoms with Gasteiger partial charge in [0.15, 0.2) is 5.82 Å². The van der Waals surface area contributed by atoms with Crippen molar-refractivity contribution in [2.75, 3.05) is 6.54 Å². The Morgan fingerprint density at radius 1 is 1.38 bits per heavy atom. The number of imidazole rings is 1. The van der Waals surface area contributed by atoms with Crippen molar-refractivity contribution in [3.63, 3.8) is 0 Å². The normalized spacial score (nSPS) is 21.7. The van der Waals surface area contributed by atoms with E-state index >= 15 is 0 Å². The summed E-state index contributed by atoms with van der Waals surface area (Å²) in [4.78, 5) is 22.6. The molecule has 2 heterocycles. The summed E-state index contributed by atoms with van der Waals surface area (Å²) >= 11 is 0. The lowest BCUT2D eigenvalue weighted by Crippen LogP contribution is -2.53. The molecule has 32 heavy (non-hydrogen) atoms. The molecule has 0 aliphatic heterocycles. The molecule has 1 aromatic carbocycles. The zero-order valence-electron chi connectivity index (χ0n) is 18.0. The van der Waals surface area contributed by atoms with Crippen molar-refractivity contribution in [2.45, 2.75) is 63.8 Å². The van der Waals surface area contributed by atoms with Gasteiger partial charge in [-0.3, -0.25) is 4.79 Å². The SMILES string of the molecule is CCN(C(=O)c1nc2ccccc2[nH]1)[C@H]1CCCC(C)(NCc2cc(C(F)(F)F)on2)C1. The van der Waals surface area contributed by atoms with E-state index in [0.717, 1.165) is 36.4 Å². The third-order valence-electron chi connectivity index (χ3n) is 6.12. The van der Waals surface area contributed by atoms with E-state index in [4.69, 9.17) is 0 Å². The van der Waals surface area contributed by atoms with E-state index in [2.05, 4.69) is 25.0 Å². The van der Waals surface area contributed by atoms with Crippen LogP contribution in [-0.4, -0.2) is 44.1 Å². The number of carbonyl (C=O) groups is 1. The molecule has 0 saturated heterocycles. The molecule has 1 amide bonds. The molecule has 0 spiro atoms. The number of H-pyrrole nitrogens is 1. The fourth-order valence-corrected chi connectivity index (χ4v) is 4.47. The predicted molar refractivity (Wildman–Crippen MR) is 112 cm³/mol. The Hall–Kier alpha value is -2.88. The van der Waals surface area contributed by atoms with Gasteiger partial charge < -0.3 is 19.7 Å². The number of benzene rings is 1. The number of carbonyl (C=O) groups excluding carboxylic acids is 1. The molecule has 1 fully saturated rings. The molecule has 1 aliphatic rings. The highest BCUT2D eigenvalue weighted by atomic mass is 19.4. The third kappa shape index (κ3) is 4.64. The summed E-state index contributed by atoms with van der Waals surface area (Å²) in [5, 5.41) is 6.86. The van der Waals surface area contributed by atoms with Crippen molar-refractivity contribution in [3.05, 3.63) is 47.6 Å². The number of fused-ring (bicyclic) bond motifs is 1. The van der Waals surface area contributed by atoms with E-state index in [1.54, 1.807) is 0 Å². The molecule has 10 heteroatoms. The summed E-state index contributed by atoms with van der Waals surface area (Å²) in [6, 6.07) is 8.41. The molecule has 1 aliphatic carbocycles. The molecular formula is C22H26F3N5O2. The van der Waals surface area contributed by atoms with Crippen molar-refractivity contribution in [1.82, 2.24) is 25.3 Å². The van der Waals surface area contributed by atoms with Crippen LogP contribution in [0.3, 0.4) is 0 Å². The summed E-state index contributed by atoms with van der Waals surface area (Å²) in [5.41, 5.74) is 1.41. The van der Waals surface area contributed by atoms with Crippen LogP contribution in [0.15, 0.2) is 34.9 Å². The molecule has 1 unspecified atom stereocenters. The van der Waals surface area contributed by atoms with Crippen LogP contribution >= 0.6 is 0 Å². The number of nitrogens with one attached hydrogen (secondary N) is 2. The minimum Gasteiger partial charge on any atom is -0.351 e. The fourth-order valence-electron chi connectivity index (χ4n) is 4.47. The summed E-state index contributed by atoms with van der Waals surface area (Å²) < 4.78 is 42.6. The minimum atomic E-state index is -4.55. The van der Waals surface area contributed by atoms with Crippen LogP contribution < -0.4 is 5.32 Å². The Morgan fingerprint density at radius 2 is 2.16 bits per heavy atom. The smallest absolute Gasteiger partial charge is 0.351 e. The third-order valence-corrected chi connectivity index (χ3v) is 6.12. The zero-order valence-corrected chi connectivity index (χ0v) is 18.0. The van der Waals surface area contributed by atoms with Crippen molar-refractivity contribution in [1.29, 1.82) is 0 Å². The number of aromatic nitrogens is 3. The maximum absolute atomic E-state index is 13.2. The highest BCUT2D eigenvalue weighted by Crippen LogP contribution is 2.33. The molecule has 0 radical (unpaired) electrons. The summed E-state index contributed by atoms with van der Waals surface area (Å²) in [6.45, 7) is 4.67. The maximum atomic E-state index is 13.2. The van der Waals surface area contributed by atoms with Gasteiger partial charge in [0.05, 0.1) is 16.7 Å². The second-order valence-corrected chi connectivity index (χ2v) is 8.54. The van der Waals surface area contributed by atoms with Crippen LogP contribution in [0.1, 0.15) is 61.6 Å². The number of halogens is 3. The van der Waals surface area contributed by atoms with Crippen molar-refractivity contribution < 1.29 is 22.5 Å². The lowest BCUT2D eigenvalue weighted by atomic mass is 9.79. The first-order chi connectivity index (χ1) is 15.2. The quantitative estimate of drug-likeness (QED) is 0.578. The maximum Gasteiger partial charge on any atom is 0.452 e. The van der Waals surface area contributed by atoms with Gasteiger partial charge in [0.1, 0.15) is 0 Å². The van der Waals surface area contributed by atoms with Gasteiger partial charge in [-0.2, -0.15) is 13.2 Å². The molecular weight excluding hydrogens is 423 g/mol. The van der Waals surface area contributed by atoms with Crippen molar-refractivity contribution >= 4 is 16.9 Å². The lowest BCUT2D eigenvalue weighted by Gasteiger charge is -2.43. The lowest BCUT2D eigenvalue weighted by molar-refractivity contribution is -0.155. The Labute approximate surface area is 183 Å². The standard InChI is InChI=1S/C22H26F3N5O2/c1-3-30(20(31)19-27-16-8-4-5-9-17(16)28-19)15-7-6-10-21(2,12-15)26-13-14-11-18(32-29-14)22(23,24)25/h4-5,8-9,11,15,26H,3,6-7,10,12-13H2,1-2H3,(H,27,28)/t15-,21?/m0/s1. The van der Waals surface area contributed by atoms with Crippen molar-refractivity contribution in [3.8, 4) is 0 Å². The Bertz CT molecular complexity index is 1060. The van der Waals surface area contributed by atoms with Gasteiger partial charge in [-0.15, -0.1) is 0 Å². The summed E-state index contributed by atoms with van der Waals surface area (Å²) in [6.07, 6.45) is -1.27. The number of hydrogen-bond acceptors (Lipinski definition) is 5. The number of para-hydroxylation sites is 2. The van der Waals surface area contributed by atoms with E-state index in [1.165, 1.54) is 0 Å². The molecule has 172 valence electrons. The summed E-state index contributed by atoms with van der Waals surface area (Å²) in [5.74, 6) is -0.936. The largest absolute Gasteiger partial charge is 0.452 e. The minimum absolute atomic E-state index is 0.00462. The van der Waals surface area contributed by atoms with E-state index in [1.807, 2.05) is 43.0 Å². The molecule has 1 saturated carbocycles. The first-order valence-corrected chi connectivity index (χ1v) is 10.7. The highest BCUT2D eigenvalue weighted by Gasteiger charge is 2.38. The van der Waals surface area contributed by atoms with Gasteiger partial charge in [-0.05, 0) is 51.7 Å². The van der Waals surface area contributed by atoms with Crippen LogP contribution in [-0.2, 0) is 12.7 Å². The molecule has 4 rings (SSSR count). The van der Waals surface area contributed by atoms with E-state index < -0.39 is 11.9 Å². The van der Waals surface area contributed by atoms with Crippen LogP contribution in [0.25, 0.3) is 11.0 Å². The van der Waals surface area contributed by atoms with Crippen LogP contribution in [0, 0.1) is 0 Å². The van der Waals surface area contributed by atoms with Crippen LogP contribution in [0.5, 0.6) is 0 Å². The second kappa shape index (κ2) is 8.57. The Kier molecular flexibility index (Phi) is 5.98. The molecule has 7 nitrogen and oxygen atoms in total. The van der Waals surface area contributed by atoms with Gasteiger partial charge in [0.25, 0.3) is 5.91 Å². The van der Waals surface area contributed by atoms with Crippen LogP contribution in [0.2, 0.25) is 0 Å². The number of amides is 1. The second-order valence-electron chi connectivity index (χ2n) is 8.54. The van der Waals surface area contributed by atoms with E-state index in [9.17, 15) is 18.0 Å². The van der Waals surface area contributed by atoms with Gasteiger partial charge in [0, 0.05) is 30.7 Å². The van der Waals surface area contributed by atoms with Crippen LogP contribution in [0.4, 0.5) is 13.2 Å². The van der Waals surface area contributed by atoms with Crippen molar-refractivity contribution in [2.24, 2.45) is 0 Å². The van der Waals surface area contributed by atoms with Gasteiger partial charge in [0.2, 0.25) is 5.76 Å². The number of rotatable bonds is 6. The predicted octanol–water partition coefficient (Wildman–Crippen LogP) is 4.52. The molecule has 2 atom stereocenters. The van der Waals surface area contributed by atoms with Gasteiger partial charge >= 0.3 is 6.18 Å². The molecule has 3 aromatic rings. The topological polar surface area (TPSA) is 87.0 Å². The van der Waals surface area contributed by atoms with E-state index in [0.29, 0.717) is 18.8 Å². The number of aromatic amines is 1. The monoisotopic (exact) mass is 449 g/mol. The Morgan fingerprint density at radius 3 is 2.84 bits per heavy atom. The Balaban J connectivity index is 1.44. The molecule has 2 N–H and O–H groups in total. The molecule has 2 aromatic heterocycles. The highest BCUT2D eigenvalue weighted by molar-refractivity contribution is 5.94.